The van der Waals surface area contributed by atoms with Gasteiger partial charge in [-0.1, -0.05) is 31.2 Å². The molecule has 0 aliphatic carbocycles. The molecule has 1 aliphatic heterocycles. The van der Waals surface area contributed by atoms with Crippen molar-refractivity contribution in [3.63, 3.8) is 0 Å². The van der Waals surface area contributed by atoms with E-state index in [-0.39, 0.29) is 24.5 Å². The van der Waals surface area contributed by atoms with Crippen LogP contribution >= 0.6 is 0 Å². The molecule has 1 fully saturated rings. The number of nitrogens with one attached hydrogen (secondary N) is 1. The van der Waals surface area contributed by atoms with E-state index in [2.05, 4.69) is 5.32 Å². The first kappa shape index (κ1) is 17.5. The van der Waals surface area contributed by atoms with Crippen LogP contribution in [0.4, 0.5) is 0 Å². The van der Waals surface area contributed by atoms with Gasteiger partial charge in [0.25, 0.3) is 0 Å². The van der Waals surface area contributed by atoms with Crippen LogP contribution in [0.2, 0.25) is 0 Å². The van der Waals surface area contributed by atoms with Gasteiger partial charge in [-0.25, -0.2) is 0 Å². The van der Waals surface area contributed by atoms with Crippen LogP contribution in [0.3, 0.4) is 0 Å². The fraction of sp³-hybridized carbons (Fsp3) is 0.556. The van der Waals surface area contributed by atoms with Crippen molar-refractivity contribution in [1.29, 1.82) is 0 Å². The van der Waals surface area contributed by atoms with Gasteiger partial charge in [0.2, 0.25) is 11.8 Å². The van der Waals surface area contributed by atoms with Gasteiger partial charge in [0, 0.05) is 19.5 Å². The van der Waals surface area contributed by atoms with Gasteiger partial charge in [-0.2, -0.15) is 0 Å². The monoisotopic (exact) mass is 318 g/mol. The first-order chi connectivity index (χ1) is 11.2. The number of benzene rings is 1. The van der Waals surface area contributed by atoms with Gasteiger partial charge in [-0.15, -0.1) is 0 Å². The maximum atomic E-state index is 12.4. The van der Waals surface area contributed by atoms with E-state index in [0.717, 1.165) is 36.8 Å². The molecule has 1 aromatic carbocycles. The molecule has 1 aromatic rings. The van der Waals surface area contributed by atoms with Gasteiger partial charge in [0.05, 0.1) is 6.61 Å². The van der Waals surface area contributed by atoms with E-state index in [1.807, 2.05) is 31.2 Å². The first-order valence-electron chi connectivity index (χ1n) is 8.41. The zero-order valence-corrected chi connectivity index (χ0v) is 13.8. The number of aliphatic hydroxyl groups is 1. The fourth-order valence-corrected chi connectivity index (χ4v) is 2.96. The van der Waals surface area contributed by atoms with Crippen molar-refractivity contribution in [3.8, 4) is 0 Å². The SMILES string of the molecule is CCC(=O)N1CCCCC1C(=O)NCCc1ccc(CO)cc1. The molecule has 1 unspecified atom stereocenters. The molecule has 23 heavy (non-hydrogen) atoms. The number of hydrogen-bond donors (Lipinski definition) is 2. The lowest BCUT2D eigenvalue weighted by molar-refractivity contribution is -0.142. The van der Waals surface area contributed by atoms with E-state index in [1.54, 1.807) is 4.90 Å². The van der Waals surface area contributed by atoms with Crippen molar-refractivity contribution in [2.75, 3.05) is 13.1 Å². The average molecular weight is 318 g/mol. The topological polar surface area (TPSA) is 69.6 Å². The molecule has 0 saturated carbocycles. The quantitative estimate of drug-likeness (QED) is 0.837. The van der Waals surface area contributed by atoms with Crippen LogP contribution in [0.5, 0.6) is 0 Å². The Kier molecular flexibility index (Phi) is 6.59. The summed E-state index contributed by atoms with van der Waals surface area (Å²) in [5.74, 6) is 0.0166. The van der Waals surface area contributed by atoms with Crippen molar-refractivity contribution in [1.82, 2.24) is 10.2 Å². The Morgan fingerprint density at radius 3 is 2.57 bits per heavy atom. The molecule has 0 spiro atoms. The van der Waals surface area contributed by atoms with E-state index >= 15 is 0 Å². The Hall–Kier alpha value is -1.88. The van der Waals surface area contributed by atoms with Gasteiger partial charge < -0.3 is 15.3 Å². The van der Waals surface area contributed by atoms with Gasteiger partial charge in [-0.3, -0.25) is 9.59 Å². The molecule has 5 nitrogen and oxygen atoms in total. The summed E-state index contributed by atoms with van der Waals surface area (Å²) in [4.78, 5) is 26.1. The summed E-state index contributed by atoms with van der Waals surface area (Å²) in [7, 11) is 0. The summed E-state index contributed by atoms with van der Waals surface area (Å²) < 4.78 is 0. The normalized spacial score (nSPS) is 17.8. The highest BCUT2D eigenvalue weighted by atomic mass is 16.3. The zero-order valence-electron chi connectivity index (χ0n) is 13.8. The fourth-order valence-electron chi connectivity index (χ4n) is 2.96. The van der Waals surface area contributed by atoms with Gasteiger partial charge >= 0.3 is 0 Å². The number of aliphatic hydroxyl groups excluding tert-OH is 1. The van der Waals surface area contributed by atoms with Crippen LogP contribution in [-0.4, -0.2) is 41.0 Å². The number of amides is 2. The van der Waals surface area contributed by atoms with Crippen molar-refractivity contribution in [2.45, 2.75) is 51.7 Å². The molecule has 5 heteroatoms. The lowest BCUT2D eigenvalue weighted by Crippen LogP contribution is -2.52. The third-order valence-corrected chi connectivity index (χ3v) is 4.35. The van der Waals surface area contributed by atoms with Crippen LogP contribution < -0.4 is 5.32 Å². The molecule has 0 radical (unpaired) electrons. The lowest BCUT2D eigenvalue weighted by atomic mass is 10.0. The Morgan fingerprint density at radius 1 is 1.22 bits per heavy atom. The molecule has 126 valence electrons. The molecule has 1 aliphatic rings. The molecule has 1 saturated heterocycles. The van der Waals surface area contributed by atoms with Crippen molar-refractivity contribution >= 4 is 11.8 Å². The predicted octanol–water partition coefficient (Wildman–Crippen LogP) is 1.63. The second kappa shape index (κ2) is 8.67. The first-order valence-corrected chi connectivity index (χ1v) is 8.41. The molecular weight excluding hydrogens is 292 g/mol. The molecule has 0 bridgehead atoms. The minimum absolute atomic E-state index is 0.0417. The molecular formula is C18H26N2O3. The van der Waals surface area contributed by atoms with Gasteiger partial charge in [0.15, 0.2) is 0 Å². The zero-order chi connectivity index (χ0) is 16.7. The summed E-state index contributed by atoms with van der Waals surface area (Å²) in [5.41, 5.74) is 2.00. The molecule has 2 N–H and O–H groups in total. The third-order valence-electron chi connectivity index (χ3n) is 4.35. The van der Waals surface area contributed by atoms with Crippen LogP contribution in [0.25, 0.3) is 0 Å². The highest BCUT2D eigenvalue weighted by molar-refractivity contribution is 5.87. The Morgan fingerprint density at radius 2 is 1.91 bits per heavy atom. The molecule has 1 atom stereocenters. The number of likely N-dealkylation sites (tertiary alicyclic amines) is 1. The van der Waals surface area contributed by atoms with E-state index in [9.17, 15) is 9.59 Å². The highest BCUT2D eigenvalue weighted by Crippen LogP contribution is 2.18. The molecule has 2 rings (SSSR count). The minimum Gasteiger partial charge on any atom is -0.392 e. The van der Waals surface area contributed by atoms with E-state index in [0.29, 0.717) is 19.5 Å². The number of carbonyl (C=O) groups is 2. The van der Waals surface area contributed by atoms with E-state index in [4.69, 9.17) is 5.11 Å². The number of hydrogen-bond acceptors (Lipinski definition) is 3. The summed E-state index contributed by atoms with van der Waals surface area (Å²) >= 11 is 0. The maximum absolute atomic E-state index is 12.4. The van der Waals surface area contributed by atoms with Crippen LogP contribution in [-0.2, 0) is 22.6 Å². The molecule has 0 aromatic heterocycles. The molecule has 2 amide bonds. The van der Waals surface area contributed by atoms with Crippen LogP contribution in [0.1, 0.15) is 43.7 Å². The largest absolute Gasteiger partial charge is 0.392 e. The van der Waals surface area contributed by atoms with E-state index < -0.39 is 0 Å². The summed E-state index contributed by atoms with van der Waals surface area (Å²) in [6.07, 6.45) is 3.91. The lowest BCUT2D eigenvalue weighted by Gasteiger charge is -2.34. The van der Waals surface area contributed by atoms with Crippen LogP contribution in [0.15, 0.2) is 24.3 Å². The van der Waals surface area contributed by atoms with Crippen LogP contribution in [0, 0.1) is 0 Å². The van der Waals surface area contributed by atoms with E-state index in [1.165, 1.54) is 0 Å². The van der Waals surface area contributed by atoms with Crippen molar-refractivity contribution < 1.29 is 14.7 Å². The third kappa shape index (κ3) is 4.79. The Labute approximate surface area is 137 Å². The van der Waals surface area contributed by atoms with Crippen molar-refractivity contribution in [3.05, 3.63) is 35.4 Å². The summed E-state index contributed by atoms with van der Waals surface area (Å²) in [6.45, 7) is 3.12. The molecule has 1 heterocycles. The van der Waals surface area contributed by atoms with Crippen molar-refractivity contribution in [2.24, 2.45) is 0 Å². The average Bonchev–Trinajstić information content (AvgIpc) is 2.61. The highest BCUT2D eigenvalue weighted by Gasteiger charge is 2.30. The van der Waals surface area contributed by atoms with Gasteiger partial charge in [-0.05, 0) is 36.8 Å². The summed E-state index contributed by atoms with van der Waals surface area (Å²) in [6, 6.07) is 7.39. The van der Waals surface area contributed by atoms with Gasteiger partial charge in [0.1, 0.15) is 6.04 Å². The number of nitrogens with zero attached hydrogens (tertiary/aromatic N) is 1. The minimum atomic E-state index is -0.312. The Bertz CT molecular complexity index is 528. The number of carbonyl (C=O) groups excluding carboxylic acids is 2. The predicted molar refractivity (Wildman–Crippen MR) is 88.7 cm³/mol. The standard InChI is InChI=1S/C18H26N2O3/c1-2-17(22)20-12-4-3-5-16(20)18(23)19-11-10-14-6-8-15(13-21)9-7-14/h6-9,16,21H,2-5,10-13H2,1H3,(H,19,23). The number of rotatable bonds is 6. The second-order valence-corrected chi connectivity index (χ2v) is 5.97. The summed E-state index contributed by atoms with van der Waals surface area (Å²) in [5, 5.41) is 12.0. The smallest absolute Gasteiger partial charge is 0.242 e. The maximum Gasteiger partial charge on any atom is 0.242 e. The number of piperidine rings is 1. The second-order valence-electron chi connectivity index (χ2n) is 5.97. The Balaban J connectivity index is 1.83.